The van der Waals surface area contributed by atoms with Crippen LogP contribution >= 0.6 is 11.6 Å². The fraction of sp³-hybridized carbons (Fsp3) is 0.496. The van der Waals surface area contributed by atoms with Crippen LogP contribution in [0.25, 0.3) is 78.1 Å². The second-order valence-electron chi connectivity index (χ2n) is 40.9. The lowest BCUT2D eigenvalue weighted by atomic mass is 9.98. The number of rotatable bonds is 27. The molecule has 20 rings (SSSR count). The fourth-order valence-electron chi connectivity index (χ4n) is 22.0. The molecule has 0 bridgehead atoms. The van der Waals surface area contributed by atoms with Gasteiger partial charge in [-0.3, -0.25) is 34.2 Å². The number of likely N-dealkylation sites (tertiary alicyclic amines) is 1. The van der Waals surface area contributed by atoms with Crippen LogP contribution in [0.3, 0.4) is 0 Å². The fourth-order valence-corrected chi connectivity index (χ4v) is 22.2. The number of phenolic OH excluding ortho intramolecular Hbond substituents is 1. The maximum absolute atomic E-state index is 11.5. The van der Waals surface area contributed by atoms with Gasteiger partial charge in [-0.05, 0) is 299 Å². The lowest BCUT2D eigenvalue weighted by molar-refractivity contribution is 0.1000. The highest BCUT2D eigenvalue weighted by atomic mass is 35.5. The van der Waals surface area contributed by atoms with Crippen molar-refractivity contribution < 1.29 is 9.90 Å². The van der Waals surface area contributed by atoms with Gasteiger partial charge in [0.2, 0.25) is 5.91 Å². The Labute approximate surface area is 809 Å². The molecular formula is C113H154ClN19O2. The van der Waals surface area contributed by atoms with Crippen molar-refractivity contribution >= 4 is 84.6 Å². The van der Waals surface area contributed by atoms with Crippen LogP contribution in [0.1, 0.15) is 147 Å². The summed E-state index contributed by atoms with van der Waals surface area (Å²) in [6, 6.07) is 73.8. The normalized spacial score (nSPS) is 19.2. The van der Waals surface area contributed by atoms with Crippen LogP contribution in [0, 0.1) is 0 Å². The highest BCUT2D eigenvalue weighted by molar-refractivity contribution is 6.31. The van der Waals surface area contributed by atoms with Crippen LogP contribution in [-0.4, -0.2) is 298 Å². The molecule has 21 nitrogen and oxygen atoms in total. The van der Waals surface area contributed by atoms with Crippen LogP contribution < -0.4 is 46.6 Å². The summed E-state index contributed by atoms with van der Waals surface area (Å²) >= 11 is 6.16. The third-order valence-electron chi connectivity index (χ3n) is 30.7. The molecule has 0 unspecified atom stereocenters. The number of anilines is 4. The van der Waals surface area contributed by atoms with Crippen molar-refractivity contribution in [3.8, 4) is 39.5 Å². The Bertz CT molecular complexity index is 5610. The first kappa shape index (κ1) is 97.1. The average Bonchev–Trinajstić information content (AvgIpc) is 1.65. The summed E-state index contributed by atoms with van der Waals surface area (Å²) in [6.07, 6.45) is 15.6. The van der Waals surface area contributed by atoms with E-state index in [2.05, 4.69) is 297 Å². The molecule has 22 heteroatoms. The zero-order chi connectivity index (χ0) is 93.3. The third-order valence-corrected chi connectivity index (χ3v) is 30.9. The van der Waals surface area contributed by atoms with Gasteiger partial charge in [0.25, 0.3) is 0 Å². The van der Waals surface area contributed by atoms with Crippen molar-refractivity contribution in [1.29, 1.82) is 0 Å². The van der Waals surface area contributed by atoms with Crippen molar-refractivity contribution in [2.75, 3.05) is 203 Å². The number of benzene rings is 8. The third kappa shape index (κ3) is 26.3. The van der Waals surface area contributed by atoms with Gasteiger partial charge in [-0.25, -0.2) is 0 Å². The molecule has 0 radical (unpaired) electrons. The first-order valence-corrected chi connectivity index (χ1v) is 51.9. The van der Waals surface area contributed by atoms with Gasteiger partial charge in [-0.2, -0.15) is 0 Å². The number of piperazine rings is 3. The van der Waals surface area contributed by atoms with E-state index in [1.54, 1.807) is 12.1 Å². The van der Waals surface area contributed by atoms with E-state index in [0.717, 1.165) is 152 Å². The molecule has 1 amide bonds. The summed E-state index contributed by atoms with van der Waals surface area (Å²) in [5, 5.41) is 29.2. The van der Waals surface area contributed by atoms with E-state index >= 15 is 0 Å². The van der Waals surface area contributed by atoms with Gasteiger partial charge in [0, 0.05) is 308 Å². The quantitative estimate of drug-likeness (QED) is 0.0236. The minimum atomic E-state index is -0.399. The van der Waals surface area contributed by atoms with Gasteiger partial charge in [-0.15, -0.1) is 0 Å². The number of hydrogen-bond donors (Lipinski definition) is 9. The molecule has 720 valence electrons. The Hall–Kier alpha value is -9.56. The van der Waals surface area contributed by atoms with Crippen LogP contribution in [0.4, 0.5) is 22.7 Å². The Morgan fingerprint density at radius 2 is 0.704 bits per heavy atom. The Morgan fingerprint density at radius 3 is 1.10 bits per heavy atom. The molecule has 3 aromatic heterocycles. The number of nitrogens with zero attached hydrogens (tertiary/aromatic N) is 11. The number of H-pyrrole nitrogens is 3. The smallest absolute Gasteiger partial charge is 0.248 e. The van der Waals surface area contributed by atoms with Crippen molar-refractivity contribution in [3.05, 3.63) is 221 Å². The molecule has 8 aliphatic heterocycles. The maximum atomic E-state index is 11.5. The summed E-state index contributed by atoms with van der Waals surface area (Å²) in [5.74, 6) is -0.0963. The van der Waals surface area contributed by atoms with E-state index in [4.69, 9.17) is 17.3 Å². The highest BCUT2D eigenvalue weighted by Gasteiger charge is 2.31. The lowest BCUT2D eigenvalue weighted by Gasteiger charge is -2.39. The zero-order valence-corrected chi connectivity index (χ0v) is 82.8. The number of carbonyl (C=O) groups is 1. The monoisotopic (exact) mass is 1840 g/mol. The molecule has 0 atom stereocenters. The minimum Gasteiger partial charge on any atom is -0.508 e. The number of nitrogens with two attached hydrogens (primary N) is 1. The summed E-state index contributed by atoms with van der Waals surface area (Å²) in [5.41, 5.74) is 26.9. The number of fused-ring (bicyclic) bond motifs is 4. The molecule has 9 aliphatic rings. The average molecular weight is 1850 g/mol. The van der Waals surface area contributed by atoms with E-state index < -0.39 is 5.91 Å². The molecular weight excluding hydrogens is 1690 g/mol. The van der Waals surface area contributed by atoms with Crippen LogP contribution in [0.15, 0.2) is 194 Å². The van der Waals surface area contributed by atoms with E-state index in [-0.39, 0.29) is 0 Å². The predicted molar refractivity (Wildman–Crippen MR) is 568 cm³/mol. The van der Waals surface area contributed by atoms with Crippen molar-refractivity contribution in [2.24, 2.45) is 5.73 Å². The number of aromatic hydroxyl groups is 1. The van der Waals surface area contributed by atoms with Gasteiger partial charge in [-0.1, -0.05) is 90.5 Å². The number of amides is 1. The second kappa shape index (κ2) is 46.7. The van der Waals surface area contributed by atoms with Gasteiger partial charge in [0.1, 0.15) is 5.75 Å². The first-order chi connectivity index (χ1) is 65.7. The van der Waals surface area contributed by atoms with Crippen molar-refractivity contribution in [3.63, 3.8) is 0 Å². The SMILES string of the molecule is CC(C)N1CCC(NC2CCN(c3cccc(-c4cc5cc(Cl)ccc5[nH]4)c3)CC2)CC1.CC(C)N1CCN(CCNC2CCN(c3cccc(-c4cc5cc(C(N)=O)ccc5[nH]4)c3)CC2)CC1.CC(C)N1CCN(CCNC2CCN(c3cccc(-c4cc5cc(O)ccc5[nH]4)c3)CC2)CC1.CC(C)N1CCN(CCNC2CCN(c3cccc(C4=Cc5ccccc5C4)c3)CC2)CC1. The number of carbonyl (C=O) groups excluding carboxylic acids is 1. The molecule has 0 spiro atoms. The van der Waals surface area contributed by atoms with Crippen LogP contribution in [0.2, 0.25) is 5.02 Å². The number of hydrogen-bond acceptors (Lipinski definition) is 17. The van der Waals surface area contributed by atoms with E-state index in [1.807, 2.05) is 36.4 Å². The molecule has 8 saturated heterocycles. The number of nitrogens with one attached hydrogen (secondary N) is 7. The zero-order valence-electron chi connectivity index (χ0n) is 82.1. The molecule has 11 aromatic rings. The Morgan fingerprint density at radius 1 is 0.363 bits per heavy atom. The molecule has 10 N–H and O–H groups in total. The minimum absolute atomic E-state index is 0.303. The van der Waals surface area contributed by atoms with Gasteiger partial charge >= 0.3 is 0 Å². The molecule has 0 saturated carbocycles. The summed E-state index contributed by atoms with van der Waals surface area (Å²) in [6.45, 7) is 51.0. The molecule has 8 aromatic carbocycles. The number of aromatic nitrogens is 3. The van der Waals surface area contributed by atoms with Gasteiger partial charge in [0.05, 0.1) is 0 Å². The number of primary amides is 1. The number of phenols is 1. The number of aromatic amines is 3. The van der Waals surface area contributed by atoms with Crippen LogP contribution in [0.5, 0.6) is 5.75 Å². The van der Waals surface area contributed by atoms with E-state index in [1.165, 1.54) is 219 Å². The summed E-state index contributed by atoms with van der Waals surface area (Å²) in [7, 11) is 0. The molecule has 11 heterocycles. The largest absolute Gasteiger partial charge is 0.508 e. The van der Waals surface area contributed by atoms with Crippen molar-refractivity contribution in [1.82, 2.24) is 70.5 Å². The Balaban J connectivity index is 0.000000125. The lowest BCUT2D eigenvalue weighted by Crippen LogP contribution is -2.51. The van der Waals surface area contributed by atoms with Crippen molar-refractivity contribution in [2.45, 2.75) is 180 Å². The van der Waals surface area contributed by atoms with Crippen LogP contribution in [-0.2, 0) is 6.42 Å². The topological polar surface area (TPSA) is 194 Å². The summed E-state index contributed by atoms with van der Waals surface area (Å²) in [4.78, 5) is 50.4. The summed E-state index contributed by atoms with van der Waals surface area (Å²) < 4.78 is 0. The van der Waals surface area contributed by atoms with E-state index in [0.29, 0.717) is 65.7 Å². The maximum Gasteiger partial charge on any atom is 0.248 e. The highest BCUT2D eigenvalue weighted by Crippen LogP contribution is 2.38. The second-order valence-corrected chi connectivity index (χ2v) is 41.3. The molecule has 135 heavy (non-hydrogen) atoms. The number of allylic oxidation sites excluding steroid dienone is 1. The predicted octanol–water partition coefficient (Wildman–Crippen LogP) is 17.9. The number of halogens is 1. The Kier molecular flexibility index (Phi) is 33.6. The van der Waals surface area contributed by atoms with Gasteiger partial charge < -0.3 is 71.6 Å². The molecule has 8 fully saturated rings. The number of piperidine rings is 5. The first-order valence-electron chi connectivity index (χ1n) is 51.5. The van der Waals surface area contributed by atoms with E-state index in [9.17, 15) is 9.90 Å². The standard InChI is InChI=1S/C29H40N6O.C29H40N4.C28H39N5O.C27H35ClN4/c1-21(2)34-16-14-33(15-17-34)13-10-31-25-8-11-35(12-9-25)26-5-3-4-22(19-26)28-20-24-18-23(29(30)36)6-7-27(24)32-28;1-23(2)32-18-16-31(17-19-32)15-12-30-28-10-13-33(14-11-28)29-9-5-8-26(22-29)27-20-24-6-3-4-7-25(24)21-27;1-21(2)32-16-14-31(15-17-32)13-10-29-24-8-11-33(12-9-24)25-5-3-4-22(18-25)28-20-23-19-26(34)6-7-27(23)30-28;1-19(2)31-12-8-23(9-13-31)29-24-10-14-32(15-11-24)25-5-3-4-20(17-25)27-18-21-16-22(28)6-7-26(21)30-27/h3-7,18-21,25,31-32H,8-17H2,1-2H3,(H2,30,36);3-9,20,22-23,28,30H,10-19,21H2,1-2H3;3-7,18-21,24,29-30,34H,8-17H2,1-2H3;3-7,16-19,23-24,29-30H,8-15H2,1-2H3. The molecule has 1 aliphatic carbocycles. The van der Waals surface area contributed by atoms with Gasteiger partial charge in [0.15, 0.2) is 0 Å².